The van der Waals surface area contributed by atoms with Crippen molar-refractivity contribution in [1.82, 2.24) is 15.5 Å². The van der Waals surface area contributed by atoms with E-state index >= 15 is 0 Å². The molecule has 0 aliphatic carbocycles. The van der Waals surface area contributed by atoms with Crippen molar-refractivity contribution in [3.63, 3.8) is 0 Å². The van der Waals surface area contributed by atoms with Crippen molar-refractivity contribution in [3.05, 3.63) is 35.9 Å². The first kappa shape index (κ1) is 24.8. The lowest BCUT2D eigenvalue weighted by Crippen LogP contribution is -2.49. The smallest absolute Gasteiger partial charge is 0.191 e. The zero-order valence-corrected chi connectivity index (χ0v) is 19.8. The number of ether oxygens (including phenoxy) is 1. The average Bonchev–Trinajstić information content (AvgIpc) is 2.77. The first-order chi connectivity index (χ1) is 14.7. The molecule has 1 heterocycles. The second-order valence-corrected chi connectivity index (χ2v) is 9.29. The van der Waals surface area contributed by atoms with Crippen LogP contribution in [0.2, 0.25) is 0 Å². The second-order valence-electron chi connectivity index (χ2n) is 7.71. The van der Waals surface area contributed by atoms with Crippen LogP contribution in [0.3, 0.4) is 0 Å². The maximum absolute atomic E-state index is 12.4. The van der Waals surface area contributed by atoms with E-state index in [-0.39, 0.29) is 0 Å². The maximum atomic E-state index is 12.4. The molecule has 7 heteroatoms. The van der Waals surface area contributed by atoms with E-state index in [0.29, 0.717) is 30.0 Å². The summed E-state index contributed by atoms with van der Waals surface area (Å²) in [6.45, 7) is 12.5. The summed E-state index contributed by atoms with van der Waals surface area (Å²) in [5.74, 6) is 2.66. The molecule has 0 bridgehead atoms. The number of aliphatic imine (C=N–C) groups is 1. The van der Waals surface area contributed by atoms with Gasteiger partial charge < -0.3 is 15.4 Å². The van der Waals surface area contributed by atoms with Gasteiger partial charge in [-0.25, -0.2) is 0 Å². The summed E-state index contributed by atoms with van der Waals surface area (Å²) in [7, 11) is -0.885. The van der Waals surface area contributed by atoms with Gasteiger partial charge in [-0.2, -0.15) is 0 Å². The summed E-state index contributed by atoms with van der Waals surface area (Å²) in [4.78, 5) is 7.44. The number of hydrogen-bond donors (Lipinski definition) is 2. The van der Waals surface area contributed by atoms with E-state index in [0.717, 1.165) is 63.8 Å². The maximum Gasteiger partial charge on any atom is 0.191 e. The number of hydrogen-bond acceptors (Lipinski definition) is 4. The minimum atomic E-state index is -0.885. The highest BCUT2D eigenvalue weighted by Gasteiger charge is 2.26. The Hall–Kier alpha value is -1.44. The molecule has 0 radical (unpaired) electrons. The molecule has 30 heavy (non-hydrogen) atoms. The van der Waals surface area contributed by atoms with Gasteiger partial charge in [0.05, 0.1) is 19.8 Å². The zero-order valence-electron chi connectivity index (χ0n) is 18.9. The molecule has 0 aromatic heterocycles. The van der Waals surface area contributed by atoms with Crippen LogP contribution >= 0.6 is 0 Å². The molecule has 0 saturated carbocycles. The van der Waals surface area contributed by atoms with E-state index < -0.39 is 10.8 Å². The van der Waals surface area contributed by atoms with Crippen molar-refractivity contribution in [1.29, 1.82) is 0 Å². The Labute approximate surface area is 185 Å². The van der Waals surface area contributed by atoms with E-state index in [4.69, 9.17) is 9.73 Å². The van der Waals surface area contributed by atoms with Crippen LogP contribution in [0.5, 0.6) is 0 Å². The van der Waals surface area contributed by atoms with Crippen LogP contribution in [0.4, 0.5) is 0 Å². The van der Waals surface area contributed by atoms with Gasteiger partial charge in [0.15, 0.2) is 5.96 Å². The Kier molecular flexibility index (Phi) is 12.0. The minimum Gasteiger partial charge on any atom is -0.379 e. The quantitative estimate of drug-likeness (QED) is 0.390. The largest absolute Gasteiger partial charge is 0.379 e. The lowest BCUT2D eigenvalue weighted by atomic mass is 9.92. The third-order valence-electron chi connectivity index (χ3n) is 5.68. The van der Waals surface area contributed by atoms with Crippen molar-refractivity contribution in [2.24, 2.45) is 10.9 Å². The van der Waals surface area contributed by atoms with Gasteiger partial charge in [-0.3, -0.25) is 14.1 Å². The molecule has 1 aromatic carbocycles. The van der Waals surface area contributed by atoms with Crippen molar-refractivity contribution >= 4 is 16.8 Å². The standard InChI is InChI=1S/C23H40N4O2S/c1-4-21(5-2)22(27-13-15-29-16-14-27)18-26-23(24-6-3)25-12-17-30(28)19-20-10-8-7-9-11-20/h7-11,21-22H,4-6,12-19H2,1-3H3,(H2,24,25,26). The highest BCUT2D eigenvalue weighted by molar-refractivity contribution is 7.84. The number of benzene rings is 1. The Morgan fingerprint density at radius 2 is 1.83 bits per heavy atom. The van der Waals surface area contributed by atoms with Crippen LogP contribution in [0.25, 0.3) is 0 Å². The summed E-state index contributed by atoms with van der Waals surface area (Å²) in [5.41, 5.74) is 1.12. The van der Waals surface area contributed by atoms with E-state index in [1.165, 1.54) is 0 Å². The van der Waals surface area contributed by atoms with Crippen LogP contribution in [0.15, 0.2) is 35.3 Å². The first-order valence-corrected chi connectivity index (χ1v) is 12.9. The van der Waals surface area contributed by atoms with Crippen LogP contribution in [-0.2, 0) is 21.3 Å². The van der Waals surface area contributed by atoms with Crippen molar-refractivity contribution in [2.75, 3.05) is 51.7 Å². The monoisotopic (exact) mass is 436 g/mol. The van der Waals surface area contributed by atoms with Crippen LogP contribution < -0.4 is 10.6 Å². The third-order valence-corrected chi connectivity index (χ3v) is 7.00. The van der Waals surface area contributed by atoms with Crippen molar-refractivity contribution in [2.45, 2.75) is 45.4 Å². The summed E-state index contributed by atoms with van der Waals surface area (Å²) in [6.07, 6.45) is 2.33. The molecule has 0 spiro atoms. The summed E-state index contributed by atoms with van der Waals surface area (Å²) < 4.78 is 17.9. The normalized spacial score (nSPS) is 17.7. The predicted molar refractivity (Wildman–Crippen MR) is 127 cm³/mol. The van der Waals surface area contributed by atoms with Gasteiger partial charge in [-0.15, -0.1) is 0 Å². The van der Waals surface area contributed by atoms with Gasteiger partial charge >= 0.3 is 0 Å². The molecule has 6 nitrogen and oxygen atoms in total. The zero-order chi connectivity index (χ0) is 21.6. The summed E-state index contributed by atoms with van der Waals surface area (Å²) >= 11 is 0. The number of morpholine rings is 1. The molecule has 1 aliphatic rings. The van der Waals surface area contributed by atoms with E-state index in [2.05, 4.69) is 36.3 Å². The molecule has 2 unspecified atom stereocenters. The molecule has 1 saturated heterocycles. The molecule has 0 amide bonds. The van der Waals surface area contributed by atoms with Crippen molar-refractivity contribution < 1.29 is 8.95 Å². The lowest BCUT2D eigenvalue weighted by Gasteiger charge is -2.38. The molecular weight excluding hydrogens is 396 g/mol. The van der Waals surface area contributed by atoms with E-state index in [1.54, 1.807) is 0 Å². The van der Waals surface area contributed by atoms with Gasteiger partial charge in [0.1, 0.15) is 0 Å². The Morgan fingerprint density at radius 1 is 1.13 bits per heavy atom. The van der Waals surface area contributed by atoms with Gasteiger partial charge in [0.25, 0.3) is 0 Å². The van der Waals surface area contributed by atoms with Gasteiger partial charge in [-0.1, -0.05) is 57.0 Å². The molecular formula is C23H40N4O2S. The molecule has 2 atom stereocenters. The molecule has 2 rings (SSSR count). The molecule has 170 valence electrons. The van der Waals surface area contributed by atoms with Crippen LogP contribution in [0, 0.1) is 5.92 Å². The van der Waals surface area contributed by atoms with Crippen molar-refractivity contribution in [3.8, 4) is 0 Å². The Balaban J connectivity index is 1.89. The van der Waals surface area contributed by atoms with Gasteiger partial charge in [0, 0.05) is 54.5 Å². The van der Waals surface area contributed by atoms with E-state index in [1.807, 2.05) is 30.3 Å². The van der Waals surface area contributed by atoms with Crippen LogP contribution in [0.1, 0.15) is 39.2 Å². The predicted octanol–water partition coefficient (Wildman–Crippen LogP) is 2.63. The molecule has 1 fully saturated rings. The Bertz CT molecular complexity index is 631. The molecule has 1 aromatic rings. The number of nitrogens with one attached hydrogen (secondary N) is 2. The SMILES string of the molecule is CCNC(=NCC(C(CC)CC)N1CCOCC1)NCCS(=O)Cc1ccccc1. The fraction of sp³-hybridized carbons (Fsp3) is 0.696. The Morgan fingerprint density at radius 3 is 2.47 bits per heavy atom. The lowest BCUT2D eigenvalue weighted by molar-refractivity contribution is 0.00395. The number of guanidine groups is 1. The summed E-state index contributed by atoms with van der Waals surface area (Å²) in [6, 6.07) is 10.5. The first-order valence-electron chi connectivity index (χ1n) is 11.4. The minimum absolute atomic E-state index is 0.437. The number of rotatable bonds is 12. The van der Waals surface area contributed by atoms with Crippen LogP contribution in [-0.4, -0.2) is 72.8 Å². The molecule has 2 N–H and O–H groups in total. The van der Waals surface area contributed by atoms with E-state index in [9.17, 15) is 4.21 Å². The fourth-order valence-electron chi connectivity index (χ4n) is 3.95. The highest BCUT2D eigenvalue weighted by Crippen LogP contribution is 2.20. The summed E-state index contributed by atoms with van der Waals surface area (Å²) in [5, 5.41) is 6.71. The van der Waals surface area contributed by atoms with Gasteiger partial charge in [-0.05, 0) is 18.4 Å². The second kappa shape index (κ2) is 14.5. The molecule has 1 aliphatic heterocycles. The topological polar surface area (TPSA) is 66.0 Å². The average molecular weight is 437 g/mol. The number of nitrogens with zero attached hydrogens (tertiary/aromatic N) is 2. The highest BCUT2D eigenvalue weighted by atomic mass is 32.2. The fourth-order valence-corrected chi connectivity index (χ4v) is 4.99. The van der Waals surface area contributed by atoms with Gasteiger partial charge in [0.2, 0.25) is 0 Å². The third kappa shape index (κ3) is 8.74.